The van der Waals surface area contributed by atoms with Crippen molar-refractivity contribution < 1.29 is 9.90 Å². The number of halogens is 1. The molecule has 0 aliphatic rings. The first-order chi connectivity index (χ1) is 8.87. The summed E-state index contributed by atoms with van der Waals surface area (Å²) < 4.78 is 0. The minimum Gasteiger partial charge on any atom is -0.481 e. The third kappa shape index (κ3) is 3.35. The summed E-state index contributed by atoms with van der Waals surface area (Å²) in [4.78, 5) is 15.1. The van der Waals surface area contributed by atoms with Gasteiger partial charge in [0.1, 0.15) is 0 Å². The Kier molecular flexibility index (Phi) is 3.62. The number of hydrogen-bond acceptors (Lipinski definition) is 3. The molecule has 5 heteroatoms. The summed E-state index contributed by atoms with van der Waals surface area (Å²) in [6, 6.07) is 7.29. The number of benzene rings is 1. The fourth-order valence-corrected chi connectivity index (χ4v) is 2.18. The van der Waals surface area contributed by atoms with Gasteiger partial charge in [0.15, 0.2) is 0 Å². The highest BCUT2D eigenvalue weighted by atomic mass is 35.5. The van der Waals surface area contributed by atoms with Gasteiger partial charge in [-0.1, -0.05) is 11.6 Å². The number of anilines is 1. The summed E-state index contributed by atoms with van der Waals surface area (Å²) in [5, 5.41) is 13.7. The molecule has 0 atom stereocenters. The van der Waals surface area contributed by atoms with Crippen LogP contribution in [0.5, 0.6) is 0 Å². The van der Waals surface area contributed by atoms with Crippen molar-refractivity contribution in [2.45, 2.75) is 25.8 Å². The molecular weight excluding hydrogens is 264 g/mol. The van der Waals surface area contributed by atoms with E-state index in [0.717, 1.165) is 16.6 Å². The molecule has 2 aromatic rings. The lowest BCUT2D eigenvalue weighted by molar-refractivity contribution is -0.137. The maximum Gasteiger partial charge on any atom is 0.305 e. The Morgan fingerprint density at radius 2 is 2.16 bits per heavy atom. The van der Waals surface area contributed by atoms with Crippen LogP contribution in [0.25, 0.3) is 10.9 Å². The quantitative estimate of drug-likeness (QED) is 0.898. The van der Waals surface area contributed by atoms with Crippen molar-refractivity contribution >= 4 is 34.2 Å². The largest absolute Gasteiger partial charge is 0.481 e. The third-order valence-electron chi connectivity index (χ3n) is 2.77. The van der Waals surface area contributed by atoms with Gasteiger partial charge in [-0.25, -0.2) is 0 Å². The minimum atomic E-state index is -0.834. The number of carboxylic acid groups (broad SMARTS) is 1. The van der Waals surface area contributed by atoms with E-state index >= 15 is 0 Å². The monoisotopic (exact) mass is 278 g/mol. The van der Waals surface area contributed by atoms with Crippen molar-refractivity contribution in [1.29, 1.82) is 0 Å². The summed E-state index contributed by atoms with van der Waals surface area (Å²) in [7, 11) is 0. The molecule has 0 amide bonds. The summed E-state index contributed by atoms with van der Waals surface area (Å²) in [6.07, 6.45) is 1.71. The number of fused-ring (bicyclic) bond motifs is 1. The molecule has 19 heavy (non-hydrogen) atoms. The number of nitrogens with zero attached hydrogens (tertiary/aromatic N) is 1. The van der Waals surface area contributed by atoms with Crippen LogP contribution in [0, 0.1) is 0 Å². The van der Waals surface area contributed by atoms with E-state index in [9.17, 15) is 4.79 Å². The molecular formula is C14H15ClN2O2. The van der Waals surface area contributed by atoms with Crippen LogP contribution < -0.4 is 5.32 Å². The molecule has 0 spiro atoms. The second kappa shape index (κ2) is 5.05. The Morgan fingerprint density at radius 3 is 2.84 bits per heavy atom. The zero-order chi connectivity index (χ0) is 14.0. The lowest BCUT2D eigenvalue weighted by Gasteiger charge is -2.26. The second-order valence-electron chi connectivity index (χ2n) is 5.10. The molecule has 100 valence electrons. The lowest BCUT2D eigenvalue weighted by atomic mass is 10.00. The zero-order valence-electron chi connectivity index (χ0n) is 10.8. The van der Waals surface area contributed by atoms with Gasteiger partial charge in [-0.3, -0.25) is 9.78 Å². The van der Waals surface area contributed by atoms with Crippen LogP contribution in [0.4, 0.5) is 5.69 Å². The van der Waals surface area contributed by atoms with Gasteiger partial charge in [0.05, 0.1) is 11.9 Å². The molecule has 0 unspecified atom stereocenters. The first-order valence-electron chi connectivity index (χ1n) is 5.92. The summed E-state index contributed by atoms with van der Waals surface area (Å²) in [6.45, 7) is 3.70. The number of carboxylic acids is 1. The van der Waals surface area contributed by atoms with Gasteiger partial charge in [0.2, 0.25) is 0 Å². The fraction of sp³-hybridized carbons (Fsp3) is 0.286. The second-order valence-corrected chi connectivity index (χ2v) is 5.54. The molecule has 0 fully saturated rings. The number of hydrogen-bond donors (Lipinski definition) is 2. The molecule has 1 heterocycles. The van der Waals surface area contributed by atoms with Crippen molar-refractivity contribution in [2.75, 3.05) is 5.32 Å². The molecule has 2 N–H and O–H groups in total. The van der Waals surface area contributed by atoms with Crippen molar-refractivity contribution in [1.82, 2.24) is 4.98 Å². The predicted octanol–water partition coefficient (Wildman–Crippen LogP) is 3.55. The van der Waals surface area contributed by atoms with E-state index in [4.69, 9.17) is 16.7 Å². The Balaban J connectivity index is 2.38. The number of aromatic nitrogens is 1. The molecule has 4 nitrogen and oxygen atoms in total. The molecule has 0 radical (unpaired) electrons. The Bertz CT molecular complexity index is 626. The summed E-state index contributed by atoms with van der Waals surface area (Å²) in [5.74, 6) is -0.834. The van der Waals surface area contributed by atoms with Gasteiger partial charge in [0.25, 0.3) is 0 Å². The van der Waals surface area contributed by atoms with Crippen molar-refractivity contribution in [3.8, 4) is 0 Å². The molecule has 0 saturated heterocycles. The van der Waals surface area contributed by atoms with Crippen LogP contribution in [-0.4, -0.2) is 21.6 Å². The Hall–Kier alpha value is -1.81. The average molecular weight is 279 g/mol. The van der Waals surface area contributed by atoms with Gasteiger partial charge in [-0.05, 0) is 38.1 Å². The smallest absolute Gasteiger partial charge is 0.305 e. The van der Waals surface area contributed by atoms with Crippen molar-refractivity contribution in [3.63, 3.8) is 0 Å². The highest BCUT2D eigenvalue weighted by molar-refractivity contribution is 6.31. The molecule has 2 rings (SSSR count). The topological polar surface area (TPSA) is 62.2 Å². The zero-order valence-corrected chi connectivity index (χ0v) is 11.5. The third-order valence-corrected chi connectivity index (χ3v) is 3.01. The van der Waals surface area contributed by atoms with E-state index < -0.39 is 11.5 Å². The van der Waals surface area contributed by atoms with Crippen molar-refractivity contribution in [3.05, 3.63) is 35.5 Å². The maximum absolute atomic E-state index is 10.8. The van der Waals surface area contributed by atoms with E-state index in [1.165, 1.54) is 0 Å². The van der Waals surface area contributed by atoms with Crippen LogP contribution in [0.1, 0.15) is 20.3 Å². The fourth-order valence-electron chi connectivity index (χ4n) is 2.02. The number of nitrogens with one attached hydrogen (secondary N) is 1. The van der Waals surface area contributed by atoms with E-state index in [1.54, 1.807) is 18.3 Å². The Morgan fingerprint density at radius 1 is 1.42 bits per heavy atom. The van der Waals surface area contributed by atoms with Gasteiger partial charge in [-0.2, -0.15) is 0 Å². The molecule has 0 bridgehead atoms. The number of rotatable bonds is 4. The van der Waals surface area contributed by atoms with Crippen LogP contribution in [0.2, 0.25) is 5.02 Å². The SMILES string of the molecule is CC(C)(CC(=O)O)Nc1ccnc2cc(Cl)ccc12. The van der Waals surface area contributed by atoms with Gasteiger partial charge < -0.3 is 10.4 Å². The van der Waals surface area contributed by atoms with E-state index in [1.807, 2.05) is 26.0 Å². The van der Waals surface area contributed by atoms with Crippen LogP contribution >= 0.6 is 11.6 Å². The summed E-state index contributed by atoms with van der Waals surface area (Å²) >= 11 is 5.93. The minimum absolute atomic E-state index is 0.0321. The van der Waals surface area contributed by atoms with Gasteiger partial charge in [-0.15, -0.1) is 0 Å². The highest BCUT2D eigenvalue weighted by Crippen LogP contribution is 2.27. The Labute approximate surface area is 116 Å². The van der Waals surface area contributed by atoms with Crippen molar-refractivity contribution in [2.24, 2.45) is 0 Å². The first kappa shape index (κ1) is 13.6. The number of aliphatic carboxylic acids is 1. The normalized spacial score (nSPS) is 11.5. The van der Waals surface area contributed by atoms with Crippen LogP contribution in [-0.2, 0) is 4.79 Å². The standard InChI is InChI=1S/C14H15ClN2O2/c1-14(2,8-13(18)19)17-11-5-6-16-12-7-9(15)3-4-10(11)12/h3-7H,8H2,1-2H3,(H,16,17)(H,18,19). The van der Waals surface area contributed by atoms with Gasteiger partial charge in [0, 0.05) is 27.8 Å². The predicted molar refractivity (Wildman–Crippen MR) is 76.7 cm³/mol. The maximum atomic E-state index is 10.8. The van der Waals surface area contributed by atoms with E-state index in [-0.39, 0.29) is 6.42 Å². The lowest BCUT2D eigenvalue weighted by Crippen LogP contribution is -2.33. The average Bonchev–Trinajstić information content (AvgIpc) is 2.26. The molecule has 1 aromatic carbocycles. The number of pyridine rings is 1. The first-order valence-corrected chi connectivity index (χ1v) is 6.29. The van der Waals surface area contributed by atoms with Gasteiger partial charge >= 0.3 is 5.97 Å². The number of carbonyl (C=O) groups is 1. The van der Waals surface area contributed by atoms with E-state index in [0.29, 0.717) is 5.02 Å². The van der Waals surface area contributed by atoms with E-state index in [2.05, 4.69) is 10.3 Å². The highest BCUT2D eigenvalue weighted by Gasteiger charge is 2.22. The van der Waals surface area contributed by atoms with Crippen LogP contribution in [0.15, 0.2) is 30.5 Å². The van der Waals surface area contributed by atoms with Crippen LogP contribution in [0.3, 0.4) is 0 Å². The molecule has 0 saturated carbocycles. The molecule has 1 aromatic heterocycles. The summed E-state index contributed by atoms with van der Waals surface area (Å²) in [5.41, 5.74) is 1.09. The molecule has 0 aliphatic carbocycles. The molecule has 0 aliphatic heterocycles.